The highest BCUT2D eigenvalue weighted by molar-refractivity contribution is 5.96. The van der Waals surface area contributed by atoms with Crippen molar-refractivity contribution in [2.45, 2.75) is 18.4 Å². The van der Waals surface area contributed by atoms with Gasteiger partial charge < -0.3 is 15.4 Å². The van der Waals surface area contributed by atoms with Gasteiger partial charge in [0.05, 0.1) is 11.9 Å². The topological polar surface area (TPSA) is 81.1 Å². The number of hydrogen-bond acceptors (Lipinski definition) is 5. The van der Waals surface area contributed by atoms with Crippen molar-refractivity contribution in [1.29, 1.82) is 0 Å². The van der Waals surface area contributed by atoms with Crippen LogP contribution in [-0.2, 0) is 10.3 Å². The van der Waals surface area contributed by atoms with Crippen LogP contribution in [0.25, 0.3) is 0 Å². The summed E-state index contributed by atoms with van der Waals surface area (Å²) in [4.78, 5) is 17.4. The number of carbonyl (C=O) groups is 1. The van der Waals surface area contributed by atoms with Crippen LogP contribution in [0.3, 0.4) is 0 Å². The lowest BCUT2D eigenvalue weighted by Crippen LogP contribution is -2.52. The van der Waals surface area contributed by atoms with E-state index in [0.29, 0.717) is 30.2 Å². The normalized spacial score (nSPS) is 14.8. The Kier molecular flexibility index (Phi) is 8.01. The van der Waals surface area contributed by atoms with Crippen molar-refractivity contribution in [1.82, 2.24) is 20.1 Å². The van der Waals surface area contributed by atoms with Crippen molar-refractivity contribution in [3.05, 3.63) is 67.1 Å². The molecule has 1 amide bonds. The third-order valence-corrected chi connectivity index (χ3v) is 4.76. The van der Waals surface area contributed by atoms with Crippen molar-refractivity contribution < 1.29 is 9.53 Å². The van der Waals surface area contributed by atoms with Crippen LogP contribution in [0.1, 0.15) is 12.8 Å². The summed E-state index contributed by atoms with van der Waals surface area (Å²) in [5, 5.41) is 10.6. The first-order valence-corrected chi connectivity index (χ1v) is 8.98. The van der Waals surface area contributed by atoms with Gasteiger partial charge in [-0.3, -0.25) is 9.48 Å². The van der Waals surface area contributed by atoms with E-state index in [9.17, 15) is 4.79 Å². The molecule has 4 rings (SSSR count). The first kappa shape index (κ1) is 22.7. The fraction of sp³-hybridized carbons (Fsp3) is 0.250. The second kappa shape index (κ2) is 10.2. The molecule has 29 heavy (non-hydrogen) atoms. The molecule has 0 bridgehead atoms. The molecule has 7 nitrogen and oxygen atoms in total. The predicted octanol–water partition coefficient (Wildman–Crippen LogP) is 3.63. The average Bonchev–Trinajstić information content (AvgIpc) is 3.26. The molecular weight excluding hydrogens is 413 g/mol. The molecule has 1 aromatic carbocycles. The second-order valence-corrected chi connectivity index (χ2v) is 6.49. The van der Waals surface area contributed by atoms with Gasteiger partial charge in [0.2, 0.25) is 5.88 Å². The summed E-state index contributed by atoms with van der Waals surface area (Å²) >= 11 is 0. The maximum Gasteiger partial charge on any atom is 0.252 e. The van der Waals surface area contributed by atoms with Crippen molar-refractivity contribution in [2.24, 2.45) is 0 Å². The van der Waals surface area contributed by atoms with Crippen LogP contribution >= 0.6 is 24.8 Å². The highest BCUT2D eigenvalue weighted by Crippen LogP contribution is 2.29. The Morgan fingerprint density at radius 1 is 1.07 bits per heavy atom. The molecule has 0 spiro atoms. The summed E-state index contributed by atoms with van der Waals surface area (Å²) in [6, 6.07) is 14.8. The molecule has 0 aliphatic carbocycles. The van der Waals surface area contributed by atoms with Gasteiger partial charge in [0.25, 0.3) is 5.91 Å². The summed E-state index contributed by atoms with van der Waals surface area (Å²) in [7, 11) is 0. The molecule has 1 fully saturated rings. The number of aromatic nitrogens is 3. The fourth-order valence-electron chi connectivity index (χ4n) is 3.29. The highest BCUT2D eigenvalue weighted by atomic mass is 35.5. The number of hydrogen-bond donors (Lipinski definition) is 2. The number of piperidine rings is 1. The monoisotopic (exact) mass is 435 g/mol. The minimum atomic E-state index is -0.687. The molecule has 3 heterocycles. The number of nitrogens with zero attached hydrogens (tertiary/aromatic N) is 3. The summed E-state index contributed by atoms with van der Waals surface area (Å²) < 4.78 is 7.45. The molecule has 2 N–H and O–H groups in total. The van der Waals surface area contributed by atoms with Gasteiger partial charge in [-0.25, -0.2) is 4.98 Å². The molecular formula is C20H23Cl2N5O2. The zero-order valence-electron chi connectivity index (χ0n) is 15.7. The highest BCUT2D eigenvalue weighted by Gasteiger charge is 2.42. The number of amides is 1. The van der Waals surface area contributed by atoms with E-state index in [4.69, 9.17) is 4.74 Å². The zero-order valence-corrected chi connectivity index (χ0v) is 17.3. The van der Waals surface area contributed by atoms with Crippen molar-refractivity contribution in [3.8, 4) is 11.6 Å². The summed E-state index contributed by atoms with van der Waals surface area (Å²) in [5.74, 6) is 1.11. The molecule has 1 aliphatic heterocycles. The van der Waals surface area contributed by atoms with E-state index in [1.165, 1.54) is 0 Å². The quantitative estimate of drug-likeness (QED) is 0.639. The van der Waals surface area contributed by atoms with E-state index in [1.807, 2.05) is 42.6 Å². The maximum absolute atomic E-state index is 13.1. The Balaban J connectivity index is 0.00000150. The first-order chi connectivity index (χ1) is 13.3. The van der Waals surface area contributed by atoms with Crippen LogP contribution in [0, 0.1) is 0 Å². The van der Waals surface area contributed by atoms with Gasteiger partial charge in [-0.2, -0.15) is 5.10 Å². The van der Waals surface area contributed by atoms with Gasteiger partial charge >= 0.3 is 0 Å². The van der Waals surface area contributed by atoms with Crippen LogP contribution in [-0.4, -0.2) is 33.8 Å². The van der Waals surface area contributed by atoms with Gasteiger partial charge in [0, 0.05) is 18.5 Å². The molecule has 0 atom stereocenters. The number of rotatable bonds is 5. The molecule has 0 radical (unpaired) electrons. The Labute approximate surface area is 181 Å². The molecule has 154 valence electrons. The zero-order chi connectivity index (χ0) is 18.5. The molecule has 2 aromatic heterocycles. The number of halogens is 2. The van der Waals surface area contributed by atoms with E-state index in [-0.39, 0.29) is 30.7 Å². The molecule has 0 saturated carbocycles. The number of ether oxygens (including phenoxy) is 1. The summed E-state index contributed by atoms with van der Waals surface area (Å²) in [6.07, 6.45) is 6.52. The minimum Gasteiger partial charge on any atom is -0.439 e. The van der Waals surface area contributed by atoms with Gasteiger partial charge in [-0.05, 0) is 50.2 Å². The number of benzene rings is 1. The number of carbonyl (C=O) groups excluding carboxylic acids is 1. The Morgan fingerprint density at radius 2 is 1.83 bits per heavy atom. The first-order valence-electron chi connectivity index (χ1n) is 8.98. The van der Waals surface area contributed by atoms with Crippen LogP contribution < -0.4 is 15.4 Å². The van der Waals surface area contributed by atoms with Gasteiger partial charge in [-0.15, -0.1) is 24.8 Å². The lowest BCUT2D eigenvalue weighted by molar-refractivity contribution is -0.126. The predicted molar refractivity (Wildman–Crippen MR) is 116 cm³/mol. The summed E-state index contributed by atoms with van der Waals surface area (Å²) in [5.41, 5.74) is -0.0565. The second-order valence-electron chi connectivity index (χ2n) is 6.49. The van der Waals surface area contributed by atoms with Crippen molar-refractivity contribution in [2.75, 3.05) is 18.4 Å². The van der Waals surface area contributed by atoms with E-state index < -0.39 is 5.54 Å². The Hall–Kier alpha value is -2.61. The minimum absolute atomic E-state index is 0. The smallest absolute Gasteiger partial charge is 0.252 e. The molecule has 0 unspecified atom stereocenters. The van der Waals surface area contributed by atoms with Gasteiger partial charge in [-0.1, -0.05) is 18.2 Å². The standard InChI is InChI=1S/C20H21N5O2.2ClH/c26-19(20(9-12-21-13-10-20)25-14-4-11-23-25)24-16-7-8-18(22-15-16)27-17-5-2-1-3-6-17;;/h1-8,11,14-15,21H,9-10,12-13H2,(H,24,26);2*1H. The molecule has 1 saturated heterocycles. The van der Waals surface area contributed by atoms with Crippen molar-refractivity contribution >= 4 is 36.4 Å². The molecule has 1 aliphatic rings. The lowest BCUT2D eigenvalue weighted by atomic mass is 9.87. The third kappa shape index (κ3) is 5.06. The number of nitrogens with one attached hydrogen (secondary N) is 2. The van der Waals surface area contributed by atoms with E-state index in [1.54, 1.807) is 29.2 Å². The van der Waals surface area contributed by atoms with Crippen LogP contribution in [0.15, 0.2) is 67.1 Å². The van der Waals surface area contributed by atoms with E-state index in [2.05, 4.69) is 20.7 Å². The number of para-hydroxylation sites is 1. The van der Waals surface area contributed by atoms with E-state index >= 15 is 0 Å². The van der Waals surface area contributed by atoms with Crippen LogP contribution in [0.2, 0.25) is 0 Å². The Morgan fingerprint density at radius 3 is 2.45 bits per heavy atom. The Bertz CT molecular complexity index is 883. The molecule has 3 aromatic rings. The average molecular weight is 436 g/mol. The maximum atomic E-state index is 13.1. The number of anilines is 1. The fourth-order valence-corrected chi connectivity index (χ4v) is 3.29. The lowest BCUT2D eigenvalue weighted by Gasteiger charge is -2.36. The van der Waals surface area contributed by atoms with Crippen LogP contribution in [0.5, 0.6) is 11.6 Å². The van der Waals surface area contributed by atoms with Crippen molar-refractivity contribution in [3.63, 3.8) is 0 Å². The number of pyridine rings is 1. The van der Waals surface area contributed by atoms with Gasteiger partial charge in [0.1, 0.15) is 11.3 Å². The summed E-state index contributed by atoms with van der Waals surface area (Å²) in [6.45, 7) is 1.55. The van der Waals surface area contributed by atoms with Crippen LogP contribution in [0.4, 0.5) is 5.69 Å². The largest absolute Gasteiger partial charge is 0.439 e. The third-order valence-electron chi connectivity index (χ3n) is 4.76. The van der Waals surface area contributed by atoms with E-state index in [0.717, 1.165) is 13.1 Å². The molecule has 9 heteroatoms. The SMILES string of the molecule is Cl.Cl.O=C(Nc1ccc(Oc2ccccc2)nc1)C1(n2cccn2)CCNCC1. The van der Waals surface area contributed by atoms with Gasteiger partial charge in [0.15, 0.2) is 0 Å².